The van der Waals surface area contributed by atoms with Crippen LogP contribution in [0.15, 0.2) is 40.2 Å². The van der Waals surface area contributed by atoms with Crippen LogP contribution in [-0.4, -0.2) is 40.8 Å². The van der Waals surface area contributed by atoms with Crippen LogP contribution in [0.25, 0.3) is 6.08 Å². The molecule has 0 saturated carbocycles. The third-order valence-corrected chi connectivity index (χ3v) is 7.98. The van der Waals surface area contributed by atoms with Gasteiger partial charge in [0.15, 0.2) is 9.84 Å². The lowest BCUT2D eigenvalue weighted by Crippen LogP contribution is -2.33. The molecule has 29 heavy (non-hydrogen) atoms. The maximum Gasteiger partial charge on any atom is 0.289 e. The van der Waals surface area contributed by atoms with E-state index in [2.05, 4.69) is 15.4 Å². The summed E-state index contributed by atoms with van der Waals surface area (Å²) in [4.78, 5) is 17.3. The van der Waals surface area contributed by atoms with E-state index in [0.29, 0.717) is 17.2 Å². The molecule has 2 aliphatic rings. The molecule has 2 fully saturated rings. The summed E-state index contributed by atoms with van der Waals surface area (Å²) in [7, 11) is -3.05. The fourth-order valence-electron chi connectivity index (χ4n) is 3.83. The molecule has 1 amide bonds. The number of para-hydroxylation sites is 1. The summed E-state index contributed by atoms with van der Waals surface area (Å²) in [6.07, 6.45) is 2.45. The molecule has 7 nitrogen and oxygen atoms in total. The summed E-state index contributed by atoms with van der Waals surface area (Å²) in [6, 6.07) is 9.43. The number of sulfone groups is 1. The van der Waals surface area contributed by atoms with Crippen LogP contribution in [0.2, 0.25) is 0 Å². The number of thioether (sulfide) groups is 1. The lowest BCUT2D eigenvalue weighted by Gasteiger charge is -2.24. The van der Waals surface area contributed by atoms with Gasteiger partial charge in [-0.15, -0.1) is 0 Å². The van der Waals surface area contributed by atoms with Crippen molar-refractivity contribution in [1.82, 2.24) is 15.1 Å². The first kappa shape index (κ1) is 19.9. The molecule has 0 aliphatic carbocycles. The summed E-state index contributed by atoms with van der Waals surface area (Å²) in [5.41, 5.74) is 2.76. The van der Waals surface area contributed by atoms with Gasteiger partial charge in [0.25, 0.3) is 5.24 Å². The Morgan fingerprint density at radius 3 is 2.66 bits per heavy atom. The van der Waals surface area contributed by atoms with E-state index in [1.54, 1.807) is 0 Å². The van der Waals surface area contributed by atoms with Crippen LogP contribution in [0.5, 0.6) is 0 Å². The number of hydrogen-bond acceptors (Lipinski definition) is 6. The quantitative estimate of drug-likeness (QED) is 0.804. The van der Waals surface area contributed by atoms with E-state index in [1.165, 1.54) is 0 Å². The van der Waals surface area contributed by atoms with Gasteiger partial charge in [0.2, 0.25) is 0 Å². The number of rotatable bonds is 3. The molecule has 0 radical (unpaired) electrons. The number of carbonyl (C=O) groups is 1. The Bertz CT molecular complexity index is 1150. The zero-order valence-electron chi connectivity index (χ0n) is 16.5. The third kappa shape index (κ3) is 3.89. The maximum atomic E-state index is 12.0. The predicted octanol–water partition coefficient (Wildman–Crippen LogP) is 3.56. The average Bonchev–Trinajstić information content (AvgIpc) is 3.25. The molecule has 4 rings (SSSR count). The van der Waals surface area contributed by atoms with Crippen LogP contribution in [0.4, 0.5) is 10.5 Å². The molecular weight excluding hydrogens is 408 g/mol. The highest BCUT2D eigenvalue weighted by Gasteiger charge is 2.41. The van der Waals surface area contributed by atoms with E-state index in [4.69, 9.17) is 0 Å². The number of hydrogen-bond donors (Lipinski definition) is 1. The number of aryl methyl sites for hydroxylation is 1. The minimum Gasteiger partial charge on any atom is -0.300 e. The van der Waals surface area contributed by atoms with Crippen molar-refractivity contribution in [2.24, 2.45) is 4.99 Å². The van der Waals surface area contributed by atoms with Crippen molar-refractivity contribution in [3.8, 4) is 0 Å². The Kier molecular flexibility index (Phi) is 4.90. The van der Waals surface area contributed by atoms with Crippen LogP contribution in [0.3, 0.4) is 0 Å². The van der Waals surface area contributed by atoms with E-state index in [1.807, 2.05) is 61.9 Å². The molecule has 2 aliphatic heterocycles. The predicted molar refractivity (Wildman–Crippen MR) is 116 cm³/mol. The van der Waals surface area contributed by atoms with E-state index < -0.39 is 15.4 Å². The van der Waals surface area contributed by atoms with Crippen molar-refractivity contribution in [1.29, 1.82) is 0 Å². The highest BCUT2D eigenvalue weighted by molar-refractivity contribution is 8.18. The van der Waals surface area contributed by atoms with Crippen LogP contribution < -0.4 is 5.32 Å². The molecular formula is C20H22N4O3S2. The fourth-order valence-corrected chi connectivity index (χ4v) is 6.65. The summed E-state index contributed by atoms with van der Waals surface area (Å²) >= 11 is 1.09. The summed E-state index contributed by atoms with van der Waals surface area (Å²) in [5, 5.41) is 7.27. The number of aromatic nitrogens is 2. The van der Waals surface area contributed by atoms with E-state index in [9.17, 15) is 13.2 Å². The lowest BCUT2D eigenvalue weighted by molar-refractivity contribution is 0.265. The smallest absolute Gasteiger partial charge is 0.289 e. The largest absolute Gasteiger partial charge is 0.300 e. The zero-order chi connectivity index (χ0) is 20.8. The van der Waals surface area contributed by atoms with Crippen LogP contribution >= 0.6 is 11.8 Å². The lowest BCUT2D eigenvalue weighted by atomic mass is 10.0. The van der Waals surface area contributed by atoms with Crippen molar-refractivity contribution in [3.05, 3.63) is 52.2 Å². The normalized spacial score (nSPS) is 26.4. The van der Waals surface area contributed by atoms with Gasteiger partial charge >= 0.3 is 0 Å². The monoisotopic (exact) mass is 430 g/mol. The molecule has 3 heterocycles. The SMILES string of the molecule is Cc1nn([C@]2(C)CCS(=O)(=O)C2)c(C)c1/C=C1\SC(=O)NC1=Nc1ccccc1. The van der Waals surface area contributed by atoms with E-state index in [-0.39, 0.29) is 16.7 Å². The van der Waals surface area contributed by atoms with Crippen molar-refractivity contribution in [2.75, 3.05) is 11.5 Å². The number of carbonyl (C=O) groups excluding carboxylic acids is 1. The van der Waals surface area contributed by atoms with Gasteiger partial charge < -0.3 is 5.32 Å². The molecule has 0 bridgehead atoms. The molecule has 9 heteroatoms. The van der Waals surface area contributed by atoms with Crippen molar-refractivity contribution >= 4 is 44.4 Å². The zero-order valence-corrected chi connectivity index (χ0v) is 18.1. The first-order chi connectivity index (χ1) is 13.7. The molecule has 1 aromatic heterocycles. The second-order valence-corrected chi connectivity index (χ2v) is 10.9. The molecule has 152 valence electrons. The minimum atomic E-state index is -3.05. The highest BCUT2D eigenvalue weighted by atomic mass is 32.2. The Morgan fingerprint density at radius 1 is 1.28 bits per heavy atom. The Morgan fingerprint density at radius 2 is 2.00 bits per heavy atom. The van der Waals surface area contributed by atoms with Gasteiger partial charge in [0.1, 0.15) is 5.84 Å². The Labute approximate surface area is 174 Å². The molecule has 1 aromatic carbocycles. The Balaban J connectivity index is 1.74. The van der Waals surface area contributed by atoms with Crippen molar-refractivity contribution in [3.63, 3.8) is 0 Å². The number of nitrogens with zero attached hydrogens (tertiary/aromatic N) is 3. The number of amidine groups is 1. The van der Waals surface area contributed by atoms with Gasteiger partial charge in [-0.1, -0.05) is 18.2 Å². The van der Waals surface area contributed by atoms with Gasteiger partial charge in [-0.25, -0.2) is 13.4 Å². The number of nitrogens with one attached hydrogen (secondary N) is 1. The number of benzene rings is 1. The summed E-state index contributed by atoms with van der Waals surface area (Å²) < 4.78 is 25.9. The van der Waals surface area contributed by atoms with Crippen LogP contribution in [-0.2, 0) is 15.4 Å². The molecule has 2 saturated heterocycles. The number of aliphatic imine (C=N–C) groups is 1. The van der Waals surface area contributed by atoms with E-state index in [0.717, 1.165) is 34.4 Å². The fraction of sp³-hybridized carbons (Fsp3) is 0.350. The second-order valence-electron chi connectivity index (χ2n) is 7.65. The van der Waals surface area contributed by atoms with Gasteiger partial charge in [0, 0.05) is 11.3 Å². The average molecular weight is 431 g/mol. The topological polar surface area (TPSA) is 93.4 Å². The standard InChI is InChI=1S/C20H22N4O3S2/c1-13-16(14(2)24(23-13)20(3)9-10-29(26,27)12-20)11-17-18(22-19(25)28-17)21-15-7-5-4-6-8-15/h4-8,11H,9-10,12H2,1-3H3,(H,21,22,25)/b17-11-/t20-/m1/s1. The van der Waals surface area contributed by atoms with Crippen molar-refractivity contribution < 1.29 is 13.2 Å². The minimum absolute atomic E-state index is 0.0908. The second kappa shape index (κ2) is 7.14. The van der Waals surface area contributed by atoms with Crippen LogP contribution in [0.1, 0.15) is 30.3 Å². The van der Waals surface area contributed by atoms with Crippen molar-refractivity contribution in [2.45, 2.75) is 32.7 Å². The van der Waals surface area contributed by atoms with Gasteiger partial charge in [-0.3, -0.25) is 9.48 Å². The van der Waals surface area contributed by atoms with Gasteiger partial charge in [-0.05, 0) is 57.2 Å². The summed E-state index contributed by atoms with van der Waals surface area (Å²) in [6.45, 7) is 5.77. The summed E-state index contributed by atoms with van der Waals surface area (Å²) in [5.74, 6) is 0.779. The Hall–Kier alpha value is -2.39. The first-order valence-corrected chi connectivity index (χ1v) is 11.9. The molecule has 1 atom stereocenters. The third-order valence-electron chi connectivity index (χ3n) is 5.27. The van der Waals surface area contributed by atoms with Gasteiger partial charge in [0.05, 0.1) is 33.3 Å². The van der Waals surface area contributed by atoms with Gasteiger partial charge in [-0.2, -0.15) is 5.10 Å². The molecule has 0 unspecified atom stereocenters. The van der Waals surface area contributed by atoms with Crippen LogP contribution in [0, 0.1) is 13.8 Å². The molecule has 1 N–H and O–H groups in total. The maximum absolute atomic E-state index is 12.0. The molecule has 2 aromatic rings. The highest BCUT2D eigenvalue weighted by Crippen LogP contribution is 2.35. The van der Waals surface area contributed by atoms with E-state index >= 15 is 0 Å². The number of amides is 1. The molecule has 0 spiro atoms. The first-order valence-electron chi connectivity index (χ1n) is 9.29.